The summed E-state index contributed by atoms with van der Waals surface area (Å²) in [6, 6.07) is 14.6. The summed E-state index contributed by atoms with van der Waals surface area (Å²) in [5.41, 5.74) is 3.76. The molecule has 2 aromatic rings. The van der Waals surface area contributed by atoms with Crippen LogP contribution >= 0.6 is 11.6 Å². The molecule has 3 heteroatoms. The Morgan fingerprint density at radius 3 is 2.55 bits per heavy atom. The molecule has 20 heavy (non-hydrogen) atoms. The summed E-state index contributed by atoms with van der Waals surface area (Å²) in [6.07, 6.45) is 1.27. The molecule has 104 valence electrons. The van der Waals surface area contributed by atoms with Gasteiger partial charge < -0.3 is 10.1 Å². The van der Waals surface area contributed by atoms with Gasteiger partial charge in [0.05, 0.1) is 6.04 Å². The fourth-order valence-electron chi connectivity index (χ4n) is 2.80. The van der Waals surface area contributed by atoms with Gasteiger partial charge in [0.25, 0.3) is 0 Å². The minimum absolute atomic E-state index is 0.175. The molecule has 2 unspecified atom stereocenters. The number of fused-ring (bicyclic) bond motifs is 1. The van der Waals surface area contributed by atoms with Crippen molar-refractivity contribution < 1.29 is 4.74 Å². The van der Waals surface area contributed by atoms with Crippen molar-refractivity contribution in [2.75, 3.05) is 7.05 Å². The van der Waals surface area contributed by atoms with E-state index in [1.165, 1.54) is 16.7 Å². The molecule has 0 saturated carbocycles. The van der Waals surface area contributed by atoms with Crippen molar-refractivity contribution in [2.24, 2.45) is 0 Å². The zero-order chi connectivity index (χ0) is 14.1. The van der Waals surface area contributed by atoms with E-state index in [9.17, 15) is 0 Å². The van der Waals surface area contributed by atoms with Gasteiger partial charge in [-0.15, -0.1) is 0 Å². The standard InChI is InChI=1S/C17H18ClNO/c1-11-9-14-10-13(5-8-16(14)20-11)17(19-2)12-3-6-15(18)7-4-12/h3-8,10-11,17,19H,9H2,1-2H3. The molecule has 0 aromatic heterocycles. The first-order chi connectivity index (χ1) is 9.67. The lowest BCUT2D eigenvalue weighted by Gasteiger charge is -2.18. The topological polar surface area (TPSA) is 21.3 Å². The van der Waals surface area contributed by atoms with Crippen LogP contribution in [0, 0.1) is 0 Å². The van der Waals surface area contributed by atoms with Crippen molar-refractivity contribution in [3.8, 4) is 5.75 Å². The Morgan fingerprint density at radius 2 is 1.85 bits per heavy atom. The van der Waals surface area contributed by atoms with Crippen LogP contribution in [0.1, 0.15) is 29.7 Å². The third kappa shape index (κ3) is 2.54. The Hall–Kier alpha value is -1.51. The predicted octanol–water partition coefficient (Wildman–Crippen LogP) is 3.97. The molecular formula is C17H18ClNO. The first kappa shape index (κ1) is 13.5. The third-order valence-corrected chi connectivity index (χ3v) is 4.00. The number of ether oxygens (including phenoxy) is 1. The van der Waals surface area contributed by atoms with Crippen molar-refractivity contribution >= 4 is 11.6 Å². The first-order valence-electron chi connectivity index (χ1n) is 6.89. The summed E-state index contributed by atoms with van der Waals surface area (Å²) in [5.74, 6) is 1.02. The lowest BCUT2D eigenvalue weighted by molar-refractivity contribution is 0.254. The van der Waals surface area contributed by atoms with E-state index in [1.807, 2.05) is 19.2 Å². The fourth-order valence-corrected chi connectivity index (χ4v) is 2.93. The highest BCUT2D eigenvalue weighted by atomic mass is 35.5. The Labute approximate surface area is 124 Å². The van der Waals surface area contributed by atoms with E-state index in [0.29, 0.717) is 0 Å². The van der Waals surface area contributed by atoms with E-state index in [0.717, 1.165) is 17.2 Å². The zero-order valence-corrected chi connectivity index (χ0v) is 12.4. The van der Waals surface area contributed by atoms with Gasteiger partial charge in [0, 0.05) is 11.4 Å². The minimum atomic E-state index is 0.175. The van der Waals surface area contributed by atoms with E-state index in [1.54, 1.807) is 0 Å². The van der Waals surface area contributed by atoms with Gasteiger partial charge in [0.1, 0.15) is 11.9 Å². The van der Waals surface area contributed by atoms with Crippen LogP contribution in [-0.4, -0.2) is 13.2 Å². The Morgan fingerprint density at radius 1 is 1.15 bits per heavy atom. The van der Waals surface area contributed by atoms with E-state index in [2.05, 4.69) is 42.6 Å². The molecule has 1 N–H and O–H groups in total. The maximum absolute atomic E-state index is 5.96. The minimum Gasteiger partial charge on any atom is -0.490 e. The van der Waals surface area contributed by atoms with Crippen LogP contribution in [0.4, 0.5) is 0 Å². The van der Waals surface area contributed by atoms with E-state index in [-0.39, 0.29) is 12.1 Å². The highest BCUT2D eigenvalue weighted by Crippen LogP contribution is 2.32. The number of hydrogen-bond acceptors (Lipinski definition) is 2. The molecule has 1 aliphatic rings. The third-order valence-electron chi connectivity index (χ3n) is 3.75. The molecule has 0 saturated heterocycles. The predicted molar refractivity (Wildman–Crippen MR) is 82.6 cm³/mol. The van der Waals surface area contributed by atoms with Crippen molar-refractivity contribution in [3.63, 3.8) is 0 Å². The summed E-state index contributed by atoms with van der Waals surface area (Å²) in [7, 11) is 1.98. The quantitative estimate of drug-likeness (QED) is 0.922. The monoisotopic (exact) mass is 287 g/mol. The molecule has 0 aliphatic carbocycles. The van der Waals surface area contributed by atoms with Gasteiger partial charge in [0.2, 0.25) is 0 Å². The lowest BCUT2D eigenvalue weighted by atomic mass is 9.96. The molecule has 2 aromatic carbocycles. The summed E-state index contributed by atoms with van der Waals surface area (Å²) in [5, 5.41) is 4.14. The van der Waals surface area contributed by atoms with Crippen LogP contribution in [-0.2, 0) is 6.42 Å². The van der Waals surface area contributed by atoms with Gasteiger partial charge in [-0.3, -0.25) is 0 Å². The Kier molecular flexibility index (Phi) is 3.68. The number of halogens is 1. The van der Waals surface area contributed by atoms with Crippen LogP contribution in [0.3, 0.4) is 0 Å². The van der Waals surface area contributed by atoms with Gasteiger partial charge in [-0.05, 0) is 48.9 Å². The molecule has 0 amide bonds. The van der Waals surface area contributed by atoms with Gasteiger partial charge in [-0.2, -0.15) is 0 Å². The number of rotatable bonds is 3. The molecule has 0 spiro atoms. The van der Waals surface area contributed by atoms with Gasteiger partial charge in [-0.1, -0.05) is 35.9 Å². The normalized spacial score (nSPS) is 18.4. The van der Waals surface area contributed by atoms with E-state index >= 15 is 0 Å². The van der Waals surface area contributed by atoms with Crippen LogP contribution in [0.15, 0.2) is 42.5 Å². The van der Waals surface area contributed by atoms with Crippen LogP contribution in [0.2, 0.25) is 5.02 Å². The fraction of sp³-hybridized carbons (Fsp3) is 0.294. The number of nitrogens with one attached hydrogen (secondary N) is 1. The molecule has 0 radical (unpaired) electrons. The highest BCUT2D eigenvalue weighted by molar-refractivity contribution is 6.30. The summed E-state index contributed by atoms with van der Waals surface area (Å²) in [4.78, 5) is 0. The molecule has 2 nitrogen and oxygen atoms in total. The number of benzene rings is 2. The average molecular weight is 288 g/mol. The summed E-state index contributed by atoms with van der Waals surface area (Å²) in [6.45, 7) is 2.11. The molecule has 0 fully saturated rings. The molecule has 0 bridgehead atoms. The second-order valence-corrected chi connectivity index (χ2v) is 5.71. The Bertz CT molecular complexity index is 609. The first-order valence-corrected chi connectivity index (χ1v) is 7.27. The SMILES string of the molecule is CNC(c1ccc(Cl)cc1)c1ccc2c(c1)CC(C)O2. The maximum Gasteiger partial charge on any atom is 0.123 e. The van der Waals surface area contributed by atoms with Crippen molar-refractivity contribution in [1.82, 2.24) is 5.32 Å². The van der Waals surface area contributed by atoms with Gasteiger partial charge >= 0.3 is 0 Å². The molecule has 1 heterocycles. The maximum atomic E-state index is 5.96. The van der Waals surface area contributed by atoms with Crippen molar-refractivity contribution in [1.29, 1.82) is 0 Å². The molecule has 3 rings (SSSR count). The van der Waals surface area contributed by atoms with E-state index < -0.39 is 0 Å². The van der Waals surface area contributed by atoms with Gasteiger partial charge in [0.15, 0.2) is 0 Å². The summed E-state index contributed by atoms with van der Waals surface area (Å²) >= 11 is 5.96. The highest BCUT2D eigenvalue weighted by Gasteiger charge is 2.21. The Balaban J connectivity index is 1.94. The number of hydrogen-bond donors (Lipinski definition) is 1. The van der Waals surface area contributed by atoms with E-state index in [4.69, 9.17) is 16.3 Å². The lowest BCUT2D eigenvalue weighted by Crippen LogP contribution is -2.17. The molecular weight excluding hydrogens is 270 g/mol. The summed E-state index contributed by atoms with van der Waals surface area (Å²) < 4.78 is 5.76. The second-order valence-electron chi connectivity index (χ2n) is 5.27. The second kappa shape index (κ2) is 5.47. The average Bonchev–Trinajstić information content (AvgIpc) is 2.81. The molecule has 2 atom stereocenters. The van der Waals surface area contributed by atoms with Crippen LogP contribution in [0.25, 0.3) is 0 Å². The van der Waals surface area contributed by atoms with Crippen molar-refractivity contribution in [2.45, 2.75) is 25.5 Å². The molecule has 1 aliphatic heterocycles. The zero-order valence-electron chi connectivity index (χ0n) is 11.7. The van der Waals surface area contributed by atoms with Crippen LogP contribution in [0.5, 0.6) is 5.75 Å². The van der Waals surface area contributed by atoms with Crippen molar-refractivity contribution in [3.05, 3.63) is 64.2 Å². The van der Waals surface area contributed by atoms with Gasteiger partial charge in [-0.25, -0.2) is 0 Å². The largest absolute Gasteiger partial charge is 0.490 e. The smallest absolute Gasteiger partial charge is 0.123 e. The van der Waals surface area contributed by atoms with Crippen LogP contribution < -0.4 is 10.1 Å².